The molecule has 0 saturated heterocycles. The van der Waals surface area contributed by atoms with Gasteiger partial charge in [-0.3, -0.25) is 24.0 Å². The molecule has 0 aromatic carbocycles. The van der Waals surface area contributed by atoms with Crippen LogP contribution in [0.5, 0.6) is 0 Å². The Morgan fingerprint density at radius 1 is 0.706 bits per heavy atom. The molecule has 0 aliphatic rings. The van der Waals surface area contributed by atoms with Gasteiger partial charge < -0.3 is 42.9 Å². The lowest BCUT2D eigenvalue weighted by atomic mass is 10.1. The second-order valence-corrected chi connectivity index (χ2v) is 7.93. The topological polar surface area (TPSA) is 243 Å². The van der Waals surface area contributed by atoms with Gasteiger partial charge in [0.15, 0.2) is 0 Å². The summed E-state index contributed by atoms with van der Waals surface area (Å²) in [6, 6.07) is -5.53. The molecule has 0 bridgehead atoms. The highest BCUT2D eigenvalue weighted by Gasteiger charge is 2.27. The number of amides is 4. The zero-order valence-corrected chi connectivity index (χ0v) is 19.6. The van der Waals surface area contributed by atoms with Crippen LogP contribution in [-0.2, 0) is 28.8 Å². The van der Waals surface area contributed by atoms with Crippen molar-refractivity contribution in [1.82, 2.24) is 21.3 Å². The van der Waals surface area contributed by atoms with E-state index in [1.807, 2.05) is 0 Å². The van der Waals surface area contributed by atoms with E-state index in [9.17, 15) is 33.9 Å². The standard InChI is InChI=1S/C20H36N6O8/c1-10(22)16(28)26-14(20(33)34)7-8-15(27)25-13(6-4-5-9-21)18(30)23-11(2)17(29)24-12(3)19(31)32/h10-14H,4-9,21-22H2,1-3H3,(H,23,30)(H,24,29)(H,25,27)(H,26,28)(H,31,32)(H,33,34)/t10-,11-,12+,13+,14+/m0/s1. The molecule has 0 spiro atoms. The minimum atomic E-state index is -1.34. The molecule has 0 saturated carbocycles. The normalized spacial score (nSPS) is 15.1. The number of carbonyl (C=O) groups is 6. The van der Waals surface area contributed by atoms with Gasteiger partial charge >= 0.3 is 11.9 Å². The summed E-state index contributed by atoms with van der Waals surface area (Å²) in [5.74, 6) is -5.28. The molecular weight excluding hydrogens is 452 g/mol. The van der Waals surface area contributed by atoms with Gasteiger partial charge in [-0.05, 0) is 53.0 Å². The number of rotatable bonds is 16. The van der Waals surface area contributed by atoms with Crippen molar-refractivity contribution in [3.05, 3.63) is 0 Å². The van der Waals surface area contributed by atoms with E-state index < -0.39 is 65.8 Å². The van der Waals surface area contributed by atoms with Crippen LogP contribution in [-0.4, -0.2) is 82.5 Å². The van der Waals surface area contributed by atoms with Crippen LogP contribution in [0.15, 0.2) is 0 Å². The molecule has 5 atom stereocenters. The van der Waals surface area contributed by atoms with Crippen molar-refractivity contribution in [3.8, 4) is 0 Å². The minimum Gasteiger partial charge on any atom is -0.480 e. The summed E-state index contributed by atoms with van der Waals surface area (Å²) < 4.78 is 0. The summed E-state index contributed by atoms with van der Waals surface area (Å²) in [5.41, 5.74) is 10.9. The van der Waals surface area contributed by atoms with E-state index in [0.29, 0.717) is 19.4 Å². The van der Waals surface area contributed by atoms with Crippen LogP contribution in [0.1, 0.15) is 52.9 Å². The third-order valence-electron chi connectivity index (χ3n) is 4.77. The van der Waals surface area contributed by atoms with Crippen molar-refractivity contribution in [2.75, 3.05) is 6.54 Å². The first-order chi connectivity index (χ1) is 15.8. The highest BCUT2D eigenvalue weighted by atomic mass is 16.4. The average Bonchev–Trinajstić information content (AvgIpc) is 2.74. The first kappa shape index (κ1) is 30.7. The van der Waals surface area contributed by atoms with Gasteiger partial charge in [0.1, 0.15) is 24.2 Å². The summed E-state index contributed by atoms with van der Waals surface area (Å²) in [6.07, 6.45) is 0.744. The summed E-state index contributed by atoms with van der Waals surface area (Å²) >= 11 is 0. The van der Waals surface area contributed by atoms with E-state index in [-0.39, 0.29) is 19.3 Å². The van der Waals surface area contributed by atoms with Gasteiger partial charge in [-0.2, -0.15) is 0 Å². The molecule has 10 N–H and O–H groups in total. The van der Waals surface area contributed by atoms with Crippen molar-refractivity contribution < 1.29 is 39.0 Å². The molecule has 194 valence electrons. The third-order valence-corrected chi connectivity index (χ3v) is 4.77. The van der Waals surface area contributed by atoms with Crippen LogP contribution in [0.25, 0.3) is 0 Å². The Hall–Kier alpha value is -3.26. The quantitative estimate of drug-likeness (QED) is 0.105. The zero-order valence-electron chi connectivity index (χ0n) is 19.6. The molecule has 0 unspecified atom stereocenters. The fraction of sp³-hybridized carbons (Fsp3) is 0.700. The van der Waals surface area contributed by atoms with Gasteiger partial charge in [-0.25, -0.2) is 4.79 Å². The average molecular weight is 489 g/mol. The highest BCUT2D eigenvalue weighted by molar-refractivity contribution is 5.93. The Bertz CT molecular complexity index is 745. The molecule has 0 aliphatic carbocycles. The zero-order chi connectivity index (χ0) is 26.4. The molecule has 14 heteroatoms. The Morgan fingerprint density at radius 3 is 1.79 bits per heavy atom. The van der Waals surface area contributed by atoms with Gasteiger partial charge in [0.05, 0.1) is 6.04 Å². The summed E-state index contributed by atoms with van der Waals surface area (Å²) in [5, 5.41) is 27.5. The fourth-order valence-electron chi connectivity index (χ4n) is 2.64. The van der Waals surface area contributed by atoms with E-state index >= 15 is 0 Å². The Kier molecular flexibility index (Phi) is 14.1. The van der Waals surface area contributed by atoms with Crippen molar-refractivity contribution in [2.24, 2.45) is 11.5 Å². The van der Waals surface area contributed by atoms with E-state index in [1.54, 1.807) is 0 Å². The van der Waals surface area contributed by atoms with Gasteiger partial charge in [0.25, 0.3) is 0 Å². The smallest absolute Gasteiger partial charge is 0.326 e. The van der Waals surface area contributed by atoms with Crippen molar-refractivity contribution in [2.45, 2.75) is 83.1 Å². The van der Waals surface area contributed by atoms with E-state index in [1.165, 1.54) is 20.8 Å². The maximum atomic E-state index is 12.7. The molecule has 14 nitrogen and oxygen atoms in total. The number of hydrogen-bond donors (Lipinski definition) is 8. The monoisotopic (exact) mass is 488 g/mol. The molecular formula is C20H36N6O8. The number of carbonyl (C=O) groups excluding carboxylic acids is 4. The lowest BCUT2D eigenvalue weighted by Crippen LogP contribution is -2.54. The summed E-state index contributed by atoms with van der Waals surface area (Å²) in [4.78, 5) is 71.0. The van der Waals surface area contributed by atoms with Crippen LogP contribution in [0, 0.1) is 0 Å². The molecule has 0 rings (SSSR count). The highest BCUT2D eigenvalue weighted by Crippen LogP contribution is 2.05. The molecule has 0 radical (unpaired) electrons. The van der Waals surface area contributed by atoms with E-state index in [0.717, 1.165) is 0 Å². The molecule has 4 amide bonds. The third kappa shape index (κ3) is 12.1. The molecule has 0 aliphatic heterocycles. The van der Waals surface area contributed by atoms with E-state index in [4.69, 9.17) is 16.6 Å². The van der Waals surface area contributed by atoms with Crippen LogP contribution in [0.2, 0.25) is 0 Å². The fourth-order valence-corrected chi connectivity index (χ4v) is 2.64. The molecule has 0 fully saturated rings. The van der Waals surface area contributed by atoms with Crippen molar-refractivity contribution in [3.63, 3.8) is 0 Å². The van der Waals surface area contributed by atoms with Gasteiger partial charge in [-0.1, -0.05) is 0 Å². The molecule has 0 heterocycles. The van der Waals surface area contributed by atoms with Crippen LogP contribution in [0.3, 0.4) is 0 Å². The van der Waals surface area contributed by atoms with Gasteiger partial charge in [-0.15, -0.1) is 0 Å². The van der Waals surface area contributed by atoms with Gasteiger partial charge in [0.2, 0.25) is 23.6 Å². The second kappa shape index (κ2) is 15.6. The lowest BCUT2D eigenvalue weighted by Gasteiger charge is -2.22. The number of nitrogens with one attached hydrogen (secondary N) is 4. The molecule has 0 aromatic heterocycles. The Balaban J connectivity index is 5.05. The number of unbranched alkanes of at least 4 members (excludes halogenated alkanes) is 1. The van der Waals surface area contributed by atoms with Crippen LogP contribution in [0.4, 0.5) is 0 Å². The number of aliphatic carboxylic acids is 2. The van der Waals surface area contributed by atoms with Crippen LogP contribution >= 0.6 is 0 Å². The SMILES string of the molecule is C[C@H](N)C(=O)N[C@H](CCC(=O)N[C@H](CCCCN)C(=O)N[C@@H](C)C(=O)N[C@H](C)C(=O)O)C(=O)O. The predicted molar refractivity (Wildman–Crippen MR) is 120 cm³/mol. The van der Waals surface area contributed by atoms with Gasteiger partial charge in [0, 0.05) is 6.42 Å². The van der Waals surface area contributed by atoms with Crippen molar-refractivity contribution in [1.29, 1.82) is 0 Å². The molecule has 34 heavy (non-hydrogen) atoms. The number of carboxylic acids is 2. The Labute approximate surface area is 197 Å². The summed E-state index contributed by atoms with van der Waals surface area (Å²) in [7, 11) is 0. The maximum absolute atomic E-state index is 12.7. The number of nitrogens with two attached hydrogens (primary N) is 2. The van der Waals surface area contributed by atoms with Crippen molar-refractivity contribution >= 4 is 35.6 Å². The summed E-state index contributed by atoms with van der Waals surface area (Å²) in [6.45, 7) is 4.38. The Morgan fingerprint density at radius 2 is 1.29 bits per heavy atom. The largest absolute Gasteiger partial charge is 0.480 e. The van der Waals surface area contributed by atoms with E-state index in [2.05, 4.69) is 21.3 Å². The predicted octanol–water partition coefficient (Wildman–Crippen LogP) is -2.61. The second-order valence-electron chi connectivity index (χ2n) is 7.93. The maximum Gasteiger partial charge on any atom is 0.326 e. The number of carboxylic acid groups (broad SMARTS) is 2. The minimum absolute atomic E-state index is 0.207. The first-order valence-electron chi connectivity index (χ1n) is 10.9. The first-order valence-corrected chi connectivity index (χ1v) is 10.9. The number of hydrogen-bond acceptors (Lipinski definition) is 8. The lowest BCUT2D eigenvalue weighted by molar-refractivity contribution is -0.142. The van der Waals surface area contributed by atoms with Crippen LogP contribution < -0.4 is 32.7 Å². The molecule has 0 aromatic rings.